The number of esters is 1. The zero-order valence-corrected chi connectivity index (χ0v) is 17.9. The molecule has 8 nitrogen and oxygen atoms in total. The van der Waals surface area contributed by atoms with E-state index in [0.29, 0.717) is 0 Å². The highest BCUT2D eigenvalue weighted by Gasteiger charge is 2.38. The smallest absolute Gasteiger partial charge is 0.464 e. The number of nitrogens with zero attached hydrogens (tertiary/aromatic N) is 1. The lowest BCUT2D eigenvalue weighted by molar-refractivity contribution is -0.274. The predicted octanol–water partition coefficient (Wildman–Crippen LogP) is 4.60. The molecule has 0 bridgehead atoms. The van der Waals surface area contributed by atoms with Gasteiger partial charge in [0.05, 0.1) is 18.7 Å². The van der Waals surface area contributed by atoms with Crippen LogP contribution in [0.2, 0.25) is 0 Å². The van der Waals surface area contributed by atoms with Gasteiger partial charge in [-0.3, -0.25) is 0 Å². The number of carbonyl (C=O) groups is 2. The molecule has 1 aliphatic rings. The minimum Gasteiger partial charge on any atom is -0.464 e. The van der Waals surface area contributed by atoms with Crippen molar-refractivity contribution in [2.45, 2.75) is 31.8 Å². The van der Waals surface area contributed by atoms with Gasteiger partial charge in [-0.2, -0.15) is 13.2 Å². The summed E-state index contributed by atoms with van der Waals surface area (Å²) in [5.74, 6) is -1.25. The Balaban J connectivity index is 1.81. The normalized spacial score (nSPS) is 18.7. The number of halogens is 6. The molecule has 0 aliphatic carbocycles. The van der Waals surface area contributed by atoms with E-state index in [1.807, 2.05) is 0 Å². The number of hydrogen-bond acceptors (Lipinski definition) is 6. The Morgan fingerprint density at radius 2 is 1.69 bits per heavy atom. The Labute approximate surface area is 194 Å². The summed E-state index contributed by atoms with van der Waals surface area (Å²) in [7, 11) is 0. The predicted molar refractivity (Wildman–Crippen MR) is 108 cm³/mol. The van der Waals surface area contributed by atoms with E-state index in [0.717, 1.165) is 41.4 Å². The first-order chi connectivity index (χ1) is 16.4. The van der Waals surface area contributed by atoms with Crippen LogP contribution < -0.4 is 15.5 Å². The van der Waals surface area contributed by atoms with Gasteiger partial charge >= 0.3 is 24.5 Å². The number of hydrogen-bond donors (Lipinski definition) is 2. The van der Waals surface area contributed by atoms with Crippen molar-refractivity contribution < 1.29 is 50.1 Å². The van der Waals surface area contributed by atoms with E-state index in [1.165, 1.54) is 12.1 Å². The van der Waals surface area contributed by atoms with Gasteiger partial charge in [-0.25, -0.2) is 20.0 Å². The molecule has 0 radical (unpaired) electrons. The third-order valence-corrected chi connectivity index (χ3v) is 4.61. The molecular weight excluding hydrogens is 488 g/mol. The van der Waals surface area contributed by atoms with E-state index in [4.69, 9.17) is 9.47 Å². The van der Waals surface area contributed by atoms with Crippen molar-refractivity contribution in [2.75, 3.05) is 18.5 Å². The van der Waals surface area contributed by atoms with Gasteiger partial charge in [-0.15, -0.1) is 13.2 Å². The van der Waals surface area contributed by atoms with Crippen LogP contribution in [-0.2, 0) is 20.4 Å². The summed E-state index contributed by atoms with van der Waals surface area (Å²) in [6.07, 6.45) is -11.9. The number of ether oxygens (including phenoxy) is 3. The molecule has 190 valence electrons. The van der Waals surface area contributed by atoms with Gasteiger partial charge in [0, 0.05) is 11.3 Å². The summed E-state index contributed by atoms with van der Waals surface area (Å²) in [6.45, 7) is 1.45. The SMILES string of the molecule is CCOC(=O)C1CNN(C(=O)Nc2ccc(C(F)(F)F)cc2)C(c2ccc(OC(F)(F)F)cc2)O1. The zero-order valence-electron chi connectivity index (χ0n) is 17.9. The summed E-state index contributed by atoms with van der Waals surface area (Å²) in [5, 5.41) is 3.30. The first-order valence-corrected chi connectivity index (χ1v) is 10.1. The Hall–Kier alpha value is -3.52. The zero-order chi connectivity index (χ0) is 25.8. The van der Waals surface area contributed by atoms with Crippen LogP contribution in [0, 0.1) is 0 Å². The maximum Gasteiger partial charge on any atom is 0.573 e. The Morgan fingerprint density at radius 3 is 2.23 bits per heavy atom. The van der Waals surface area contributed by atoms with Crippen LogP contribution in [0.25, 0.3) is 0 Å². The standard InChI is InChI=1S/C21H19F6N3O5/c1-2-33-18(31)16-11-28-30(19(32)29-14-7-5-13(6-8-14)20(22,23)24)17(34-16)12-3-9-15(10-4-12)35-21(25,26)27/h3-10,16-17,28H,2,11H2,1H3,(H,29,32). The van der Waals surface area contributed by atoms with E-state index in [-0.39, 0.29) is 24.4 Å². The van der Waals surface area contributed by atoms with Crippen molar-refractivity contribution in [3.05, 3.63) is 59.7 Å². The summed E-state index contributed by atoms with van der Waals surface area (Å²) < 4.78 is 90.0. The lowest BCUT2D eigenvalue weighted by Crippen LogP contribution is -2.57. The maximum atomic E-state index is 12.9. The molecule has 3 rings (SSSR count). The van der Waals surface area contributed by atoms with Crippen molar-refractivity contribution >= 4 is 17.7 Å². The van der Waals surface area contributed by atoms with Crippen molar-refractivity contribution in [1.29, 1.82) is 0 Å². The number of hydrazine groups is 1. The molecule has 2 N–H and O–H groups in total. The highest BCUT2D eigenvalue weighted by Crippen LogP contribution is 2.31. The van der Waals surface area contributed by atoms with Gasteiger partial charge in [0.1, 0.15) is 5.75 Å². The summed E-state index contributed by atoms with van der Waals surface area (Å²) in [5.41, 5.74) is 1.96. The van der Waals surface area contributed by atoms with Crippen LogP contribution in [0.1, 0.15) is 24.3 Å². The minimum absolute atomic E-state index is 0.0324. The van der Waals surface area contributed by atoms with E-state index in [9.17, 15) is 35.9 Å². The van der Waals surface area contributed by atoms with E-state index in [2.05, 4.69) is 15.5 Å². The average molecular weight is 507 g/mol. The van der Waals surface area contributed by atoms with Crippen LogP contribution in [-0.4, -0.2) is 42.6 Å². The molecule has 1 fully saturated rings. The summed E-state index contributed by atoms with van der Waals surface area (Å²) in [4.78, 5) is 25.0. The average Bonchev–Trinajstić information content (AvgIpc) is 2.78. The second-order valence-electron chi connectivity index (χ2n) is 7.08. The number of urea groups is 1. The van der Waals surface area contributed by atoms with Crippen molar-refractivity contribution in [3.63, 3.8) is 0 Å². The molecule has 0 aromatic heterocycles. The van der Waals surface area contributed by atoms with Crippen LogP contribution in [0.3, 0.4) is 0 Å². The minimum atomic E-state index is -4.91. The molecule has 2 aromatic carbocycles. The van der Waals surface area contributed by atoms with Crippen molar-refractivity contribution in [2.24, 2.45) is 0 Å². The maximum absolute atomic E-state index is 12.9. The van der Waals surface area contributed by atoms with Crippen LogP contribution in [0.4, 0.5) is 36.8 Å². The molecule has 0 spiro atoms. The third-order valence-electron chi connectivity index (χ3n) is 4.61. The van der Waals surface area contributed by atoms with Gasteiger partial charge in [0.2, 0.25) is 0 Å². The van der Waals surface area contributed by atoms with Gasteiger partial charge in [0.25, 0.3) is 0 Å². The summed E-state index contributed by atoms with van der Waals surface area (Å²) >= 11 is 0. The van der Waals surface area contributed by atoms with Crippen molar-refractivity contribution in [3.8, 4) is 5.75 Å². The monoisotopic (exact) mass is 507 g/mol. The first kappa shape index (κ1) is 26.1. The van der Waals surface area contributed by atoms with Gasteiger partial charge in [0.15, 0.2) is 12.3 Å². The molecule has 2 aromatic rings. The molecule has 2 amide bonds. The highest BCUT2D eigenvalue weighted by atomic mass is 19.4. The molecule has 2 atom stereocenters. The number of nitrogens with one attached hydrogen (secondary N) is 2. The van der Waals surface area contributed by atoms with E-state index < -0.39 is 48.2 Å². The molecule has 35 heavy (non-hydrogen) atoms. The fourth-order valence-electron chi connectivity index (χ4n) is 3.07. The molecule has 0 saturated carbocycles. The van der Waals surface area contributed by atoms with Crippen LogP contribution >= 0.6 is 0 Å². The van der Waals surface area contributed by atoms with E-state index >= 15 is 0 Å². The quantitative estimate of drug-likeness (QED) is 0.454. The molecule has 1 saturated heterocycles. The number of benzene rings is 2. The number of alkyl halides is 6. The van der Waals surface area contributed by atoms with Gasteiger partial charge in [-0.1, -0.05) is 12.1 Å². The molecule has 14 heteroatoms. The van der Waals surface area contributed by atoms with Crippen molar-refractivity contribution in [1.82, 2.24) is 10.4 Å². The highest BCUT2D eigenvalue weighted by molar-refractivity contribution is 5.89. The topological polar surface area (TPSA) is 89.1 Å². The number of amides is 2. The molecule has 1 aliphatic heterocycles. The van der Waals surface area contributed by atoms with Gasteiger partial charge in [-0.05, 0) is 43.3 Å². The van der Waals surface area contributed by atoms with Gasteiger partial charge < -0.3 is 19.5 Å². The first-order valence-electron chi connectivity index (χ1n) is 10.1. The number of carbonyl (C=O) groups excluding carboxylic acids is 2. The molecule has 1 heterocycles. The van der Waals surface area contributed by atoms with E-state index in [1.54, 1.807) is 6.92 Å². The number of rotatable bonds is 5. The number of anilines is 1. The lowest BCUT2D eigenvalue weighted by Gasteiger charge is -2.39. The molecular formula is C21H19F6N3O5. The third kappa shape index (κ3) is 6.99. The fraction of sp³-hybridized carbons (Fsp3) is 0.333. The van der Waals surface area contributed by atoms with Crippen LogP contribution in [0.15, 0.2) is 48.5 Å². The largest absolute Gasteiger partial charge is 0.573 e. The lowest BCUT2D eigenvalue weighted by atomic mass is 10.1. The molecule has 2 unspecified atom stereocenters. The Bertz CT molecular complexity index is 1030. The summed E-state index contributed by atoms with van der Waals surface area (Å²) in [6, 6.07) is 7.16. The second kappa shape index (κ2) is 10.4. The Morgan fingerprint density at radius 1 is 1.06 bits per heavy atom. The van der Waals surface area contributed by atoms with Crippen LogP contribution in [0.5, 0.6) is 5.75 Å². The second-order valence-corrected chi connectivity index (χ2v) is 7.08. The Kier molecular flexibility index (Phi) is 7.75. The fourth-order valence-corrected chi connectivity index (χ4v) is 3.07.